The Balaban J connectivity index is 1.80. The highest BCUT2D eigenvalue weighted by Gasteiger charge is 2.06. The number of benzene rings is 3. The van der Waals surface area contributed by atoms with Crippen LogP contribution in [0.25, 0.3) is 11.1 Å². The average molecular weight is 323 g/mol. The average Bonchev–Trinajstić information content (AvgIpc) is 2.62. The van der Waals surface area contributed by atoms with Crippen molar-refractivity contribution < 1.29 is 4.74 Å². The predicted molar refractivity (Wildman–Crippen MR) is 94.4 cm³/mol. The second-order valence-corrected chi connectivity index (χ2v) is 5.64. The van der Waals surface area contributed by atoms with Crippen LogP contribution in [0.3, 0.4) is 0 Å². The fraction of sp³-hybridized carbons (Fsp3) is 0.100. The lowest BCUT2D eigenvalue weighted by atomic mass is 10.0. The summed E-state index contributed by atoms with van der Waals surface area (Å²) in [4.78, 5) is 0. The lowest BCUT2D eigenvalue weighted by Gasteiger charge is -2.10. The van der Waals surface area contributed by atoms with Gasteiger partial charge in [-0.25, -0.2) is 0 Å². The van der Waals surface area contributed by atoms with Gasteiger partial charge in [-0.2, -0.15) is 0 Å². The minimum atomic E-state index is 0.486. The largest absolute Gasteiger partial charge is 0.487 e. The smallest absolute Gasteiger partial charge is 0.139 e. The first-order chi connectivity index (χ1) is 11.3. The summed E-state index contributed by atoms with van der Waals surface area (Å²) in [6.07, 6.45) is 0. The van der Waals surface area contributed by atoms with Crippen molar-refractivity contribution >= 4 is 11.6 Å². The van der Waals surface area contributed by atoms with Gasteiger partial charge >= 0.3 is 0 Å². The Morgan fingerprint density at radius 2 is 1.78 bits per heavy atom. The number of halogens is 1. The Morgan fingerprint density at radius 3 is 2.48 bits per heavy atom. The van der Waals surface area contributed by atoms with Gasteiger partial charge in [0.05, 0.1) is 5.02 Å². The van der Waals surface area contributed by atoms with Crippen LogP contribution >= 0.6 is 11.6 Å². The first-order valence-electron chi connectivity index (χ1n) is 7.43. The molecule has 1 radical (unpaired) electrons. The zero-order valence-corrected chi connectivity index (χ0v) is 13.4. The van der Waals surface area contributed by atoms with E-state index < -0.39 is 0 Å². The predicted octanol–water partition coefficient (Wildman–Crippen LogP) is 4.84. The molecule has 3 heteroatoms. The van der Waals surface area contributed by atoms with E-state index in [2.05, 4.69) is 6.07 Å². The SMILES string of the molecule is NCc1c[c]c(-c2ccc(Cl)c(OCc3ccccc3)c2)cc1. The Labute approximate surface area is 141 Å². The summed E-state index contributed by atoms with van der Waals surface area (Å²) >= 11 is 6.25. The second-order valence-electron chi connectivity index (χ2n) is 5.23. The third-order valence-corrected chi connectivity index (χ3v) is 3.90. The summed E-state index contributed by atoms with van der Waals surface area (Å²) < 4.78 is 5.86. The van der Waals surface area contributed by atoms with Gasteiger partial charge < -0.3 is 10.5 Å². The van der Waals surface area contributed by atoms with Gasteiger partial charge in [0.25, 0.3) is 0 Å². The summed E-state index contributed by atoms with van der Waals surface area (Å²) in [5, 5.41) is 0.600. The standard InChI is InChI=1S/C20H17ClNO/c21-19-11-10-18(17-8-6-15(13-22)7-9-17)12-20(19)23-14-16-4-2-1-3-5-16/h1-8,10-12H,13-14,22H2. The van der Waals surface area contributed by atoms with E-state index in [9.17, 15) is 0 Å². The summed E-state index contributed by atoms with van der Waals surface area (Å²) in [5.41, 5.74) is 9.79. The van der Waals surface area contributed by atoms with Gasteiger partial charge in [-0.3, -0.25) is 0 Å². The highest BCUT2D eigenvalue weighted by molar-refractivity contribution is 6.32. The second kappa shape index (κ2) is 7.32. The van der Waals surface area contributed by atoms with E-state index in [0.29, 0.717) is 23.9 Å². The van der Waals surface area contributed by atoms with Crippen LogP contribution in [0.15, 0.2) is 66.7 Å². The van der Waals surface area contributed by atoms with Crippen molar-refractivity contribution in [2.75, 3.05) is 0 Å². The molecule has 3 aromatic carbocycles. The molecule has 0 saturated heterocycles. The molecule has 3 rings (SSSR count). The maximum Gasteiger partial charge on any atom is 0.139 e. The molecular formula is C20H17ClNO. The molecule has 0 aromatic heterocycles. The maximum atomic E-state index is 6.25. The lowest BCUT2D eigenvalue weighted by Crippen LogP contribution is -1.96. The Kier molecular flexibility index (Phi) is 4.96. The Hall–Kier alpha value is -2.29. The summed E-state index contributed by atoms with van der Waals surface area (Å²) in [6.45, 7) is 1.00. The zero-order chi connectivity index (χ0) is 16.1. The van der Waals surface area contributed by atoms with Crippen LogP contribution in [0.5, 0.6) is 5.75 Å². The molecule has 0 fully saturated rings. The van der Waals surface area contributed by atoms with Gasteiger partial charge in [-0.05, 0) is 46.5 Å². The molecule has 0 unspecified atom stereocenters. The maximum absolute atomic E-state index is 6.25. The zero-order valence-electron chi connectivity index (χ0n) is 12.6. The summed E-state index contributed by atoms with van der Waals surface area (Å²) in [6, 6.07) is 24.9. The quantitative estimate of drug-likeness (QED) is 0.729. The van der Waals surface area contributed by atoms with E-state index in [1.807, 2.05) is 66.7 Å². The summed E-state index contributed by atoms with van der Waals surface area (Å²) in [7, 11) is 0. The number of nitrogens with two attached hydrogens (primary N) is 1. The topological polar surface area (TPSA) is 35.2 Å². The van der Waals surface area contributed by atoms with Crippen molar-refractivity contribution in [2.45, 2.75) is 13.2 Å². The highest BCUT2D eigenvalue weighted by atomic mass is 35.5. The van der Waals surface area contributed by atoms with Crippen LogP contribution in [0.1, 0.15) is 11.1 Å². The van der Waals surface area contributed by atoms with Gasteiger partial charge in [0.1, 0.15) is 12.4 Å². The van der Waals surface area contributed by atoms with Gasteiger partial charge in [0, 0.05) is 6.54 Å². The molecule has 0 saturated carbocycles. The molecular weight excluding hydrogens is 306 g/mol. The van der Waals surface area contributed by atoms with Gasteiger partial charge in [-0.1, -0.05) is 60.1 Å². The number of rotatable bonds is 5. The van der Waals surface area contributed by atoms with Gasteiger partial charge in [0.15, 0.2) is 0 Å². The van der Waals surface area contributed by atoms with Gasteiger partial charge in [-0.15, -0.1) is 0 Å². The fourth-order valence-corrected chi connectivity index (χ4v) is 2.45. The van der Waals surface area contributed by atoms with Crippen LogP contribution in [0.4, 0.5) is 0 Å². The summed E-state index contributed by atoms with van der Waals surface area (Å²) in [5.74, 6) is 0.671. The number of ether oxygens (including phenoxy) is 1. The van der Waals surface area contributed by atoms with Crippen LogP contribution in [0, 0.1) is 6.07 Å². The Morgan fingerprint density at radius 1 is 0.957 bits per heavy atom. The minimum absolute atomic E-state index is 0.486. The number of hydrogen-bond donors (Lipinski definition) is 1. The number of hydrogen-bond acceptors (Lipinski definition) is 2. The normalized spacial score (nSPS) is 10.5. The van der Waals surface area contributed by atoms with Gasteiger partial charge in [0.2, 0.25) is 0 Å². The molecule has 115 valence electrons. The molecule has 2 nitrogen and oxygen atoms in total. The van der Waals surface area contributed by atoms with Crippen molar-refractivity contribution in [2.24, 2.45) is 5.73 Å². The molecule has 0 amide bonds. The molecule has 2 N–H and O–H groups in total. The highest BCUT2D eigenvalue weighted by Crippen LogP contribution is 2.31. The molecule has 0 atom stereocenters. The molecule has 0 aliphatic rings. The molecule has 0 aliphatic heterocycles. The molecule has 0 heterocycles. The van der Waals surface area contributed by atoms with Crippen molar-refractivity contribution in [3.63, 3.8) is 0 Å². The van der Waals surface area contributed by atoms with E-state index in [-0.39, 0.29) is 0 Å². The lowest BCUT2D eigenvalue weighted by molar-refractivity contribution is 0.306. The monoisotopic (exact) mass is 322 g/mol. The van der Waals surface area contributed by atoms with E-state index in [4.69, 9.17) is 22.1 Å². The minimum Gasteiger partial charge on any atom is -0.487 e. The van der Waals surface area contributed by atoms with Crippen molar-refractivity contribution in [1.29, 1.82) is 0 Å². The third-order valence-electron chi connectivity index (χ3n) is 3.59. The van der Waals surface area contributed by atoms with Crippen molar-refractivity contribution in [3.05, 3.63) is 88.9 Å². The molecule has 3 aromatic rings. The van der Waals surface area contributed by atoms with Crippen LogP contribution in [-0.4, -0.2) is 0 Å². The third kappa shape index (κ3) is 3.92. The molecule has 23 heavy (non-hydrogen) atoms. The Bertz CT molecular complexity index is 769. The molecule has 0 aliphatic carbocycles. The van der Waals surface area contributed by atoms with E-state index in [1.54, 1.807) is 0 Å². The van der Waals surface area contributed by atoms with E-state index >= 15 is 0 Å². The van der Waals surface area contributed by atoms with Crippen LogP contribution < -0.4 is 10.5 Å². The first kappa shape index (κ1) is 15.6. The molecule has 0 spiro atoms. The fourth-order valence-electron chi connectivity index (χ4n) is 2.28. The van der Waals surface area contributed by atoms with Crippen LogP contribution in [-0.2, 0) is 13.2 Å². The van der Waals surface area contributed by atoms with Crippen LogP contribution in [0.2, 0.25) is 5.02 Å². The van der Waals surface area contributed by atoms with Crippen molar-refractivity contribution in [3.8, 4) is 16.9 Å². The van der Waals surface area contributed by atoms with E-state index in [1.165, 1.54) is 0 Å². The van der Waals surface area contributed by atoms with E-state index in [0.717, 1.165) is 22.3 Å². The molecule has 0 bridgehead atoms. The van der Waals surface area contributed by atoms with Crippen molar-refractivity contribution in [1.82, 2.24) is 0 Å². The first-order valence-corrected chi connectivity index (χ1v) is 7.81.